The molecule has 0 spiro atoms. The first-order chi connectivity index (χ1) is 8.24. The fraction of sp³-hybridized carbons (Fsp3) is 0.250. The Labute approximate surface area is 98.7 Å². The molecule has 86 valence electrons. The standard InChI is InChI=1S/C12H13N5/c1-8-6-9(15-16-12(8)13)10-7-17-5-3-2-4-11(17)14-10/h2-5,7-8H,6H2,1H3,(H2,13,16). The third-order valence-electron chi connectivity index (χ3n) is 2.95. The smallest absolute Gasteiger partial charge is 0.137 e. The summed E-state index contributed by atoms with van der Waals surface area (Å²) in [4.78, 5) is 4.52. The van der Waals surface area contributed by atoms with E-state index in [-0.39, 0.29) is 5.92 Å². The van der Waals surface area contributed by atoms with E-state index in [1.807, 2.05) is 41.9 Å². The summed E-state index contributed by atoms with van der Waals surface area (Å²) in [7, 11) is 0. The van der Waals surface area contributed by atoms with Crippen LogP contribution in [0.1, 0.15) is 19.0 Å². The lowest BCUT2D eigenvalue weighted by molar-refractivity contribution is 0.778. The van der Waals surface area contributed by atoms with Crippen LogP contribution in [0.2, 0.25) is 0 Å². The van der Waals surface area contributed by atoms with E-state index >= 15 is 0 Å². The van der Waals surface area contributed by atoms with Crippen LogP contribution < -0.4 is 5.73 Å². The van der Waals surface area contributed by atoms with Crippen molar-refractivity contribution in [3.8, 4) is 0 Å². The van der Waals surface area contributed by atoms with Gasteiger partial charge in [-0.25, -0.2) is 4.98 Å². The van der Waals surface area contributed by atoms with Crippen LogP contribution in [-0.2, 0) is 0 Å². The molecule has 1 aliphatic heterocycles. The first-order valence-electron chi connectivity index (χ1n) is 5.58. The molecule has 2 aromatic rings. The summed E-state index contributed by atoms with van der Waals surface area (Å²) in [5, 5.41) is 8.10. The largest absolute Gasteiger partial charge is 0.385 e. The second-order valence-electron chi connectivity index (χ2n) is 4.27. The fourth-order valence-electron chi connectivity index (χ4n) is 1.88. The van der Waals surface area contributed by atoms with Crippen molar-refractivity contribution >= 4 is 17.2 Å². The lowest BCUT2D eigenvalue weighted by Gasteiger charge is -2.14. The Morgan fingerprint density at radius 3 is 3.00 bits per heavy atom. The van der Waals surface area contributed by atoms with Gasteiger partial charge in [0, 0.05) is 24.7 Å². The number of pyridine rings is 1. The van der Waals surface area contributed by atoms with Gasteiger partial charge in [-0.1, -0.05) is 13.0 Å². The van der Waals surface area contributed by atoms with E-state index in [2.05, 4.69) is 15.2 Å². The van der Waals surface area contributed by atoms with Crippen molar-refractivity contribution in [1.29, 1.82) is 0 Å². The Hall–Kier alpha value is -2.17. The molecule has 3 rings (SSSR count). The molecule has 0 bridgehead atoms. The third-order valence-corrected chi connectivity index (χ3v) is 2.95. The number of hydrogen-bond donors (Lipinski definition) is 1. The van der Waals surface area contributed by atoms with Crippen molar-refractivity contribution in [3.63, 3.8) is 0 Å². The number of amidine groups is 1. The number of nitrogens with zero attached hydrogens (tertiary/aromatic N) is 4. The van der Waals surface area contributed by atoms with Gasteiger partial charge in [0.1, 0.15) is 17.2 Å². The van der Waals surface area contributed by atoms with E-state index in [9.17, 15) is 0 Å². The predicted molar refractivity (Wildman–Crippen MR) is 67.1 cm³/mol. The molecule has 0 saturated heterocycles. The SMILES string of the molecule is CC1CC(c2cn3ccccc3n2)=NN=C1N. The molecule has 0 aliphatic carbocycles. The quantitative estimate of drug-likeness (QED) is 0.800. The van der Waals surface area contributed by atoms with E-state index < -0.39 is 0 Å². The fourth-order valence-corrected chi connectivity index (χ4v) is 1.88. The topological polar surface area (TPSA) is 68.0 Å². The Morgan fingerprint density at radius 1 is 1.35 bits per heavy atom. The van der Waals surface area contributed by atoms with Gasteiger partial charge in [0.25, 0.3) is 0 Å². The molecule has 1 unspecified atom stereocenters. The van der Waals surface area contributed by atoms with Crippen LogP contribution in [0.4, 0.5) is 0 Å². The van der Waals surface area contributed by atoms with Crippen molar-refractivity contribution in [2.45, 2.75) is 13.3 Å². The number of hydrogen-bond acceptors (Lipinski definition) is 4. The second kappa shape index (κ2) is 3.69. The normalized spacial score (nSPS) is 20.2. The molecule has 5 nitrogen and oxygen atoms in total. The summed E-state index contributed by atoms with van der Waals surface area (Å²) in [5.41, 5.74) is 8.40. The second-order valence-corrected chi connectivity index (χ2v) is 4.27. The van der Waals surface area contributed by atoms with E-state index in [1.165, 1.54) is 0 Å². The van der Waals surface area contributed by atoms with Gasteiger partial charge < -0.3 is 10.1 Å². The zero-order valence-electron chi connectivity index (χ0n) is 9.54. The summed E-state index contributed by atoms with van der Waals surface area (Å²) < 4.78 is 1.98. The van der Waals surface area contributed by atoms with Crippen molar-refractivity contribution in [2.75, 3.05) is 0 Å². The zero-order valence-corrected chi connectivity index (χ0v) is 9.54. The van der Waals surface area contributed by atoms with Crippen LogP contribution >= 0.6 is 0 Å². The van der Waals surface area contributed by atoms with E-state index in [0.29, 0.717) is 5.84 Å². The molecule has 0 radical (unpaired) electrons. The minimum atomic E-state index is 0.229. The Morgan fingerprint density at radius 2 is 2.24 bits per heavy atom. The number of rotatable bonds is 1. The van der Waals surface area contributed by atoms with Crippen LogP contribution in [0.15, 0.2) is 40.8 Å². The van der Waals surface area contributed by atoms with Crippen molar-refractivity contribution in [2.24, 2.45) is 21.9 Å². The lowest BCUT2D eigenvalue weighted by atomic mass is 10.0. The molecule has 0 amide bonds. The average molecular weight is 227 g/mol. The molecule has 17 heavy (non-hydrogen) atoms. The van der Waals surface area contributed by atoms with Gasteiger partial charge in [0.2, 0.25) is 0 Å². The van der Waals surface area contributed by atoms with Crippen LogP contribution in [0.5, 0.6) is 0 Å². The van der Waals surface area contributed by atoms with Gasteiger partial charge in [-0.15, -0.1) is 5.10 Å². The lowest BCUT2D eigenvalue weighted by Crippen LogP contribution is -2.26. The maximum Gasteiger partial charge on any atom is 0.137 e. The summed E-state index contributed by atoms with van der Waals surface area (Å²) in [5.74, 6) is 0.824. The molecule has 2 N–H and O–H groups in total. The Balaban J connectivity index is 2.05. The van der Waals surface area contributed by atoms with Crippen LogP contribution in [0.3, 0.4) is 0 Å². The maximum absolute atomic E-state index is 5.71. The number of fused-ring (bicyclic) bond motifs is 1. The van der Waals surface area contributed by atoms with E-state index in [0.717, 1.165) is 23.5 Å². The maximum atomic E-state index is 5.71. The molecular weight excluding hydrogens is 214 g/mol. The summed E-state index contributed by atoms with van der Waals surface area (Å²) in [6, 6.07) is 5.90. The number of aromatic nitrogens is 2. The first kappa shape index (κ1) is 10.0. The monoisotopic (exact) mass is 227 g/mol. The average Bonchev–Trinajstić information content (AvgIpc) is 2.76. The first-order valence-corrected chi connectivity index (χ1v) is 5.58. The third kappa shape index (κ3) is 1.69. The zero-order chi connectivity index (χ0) is 11.8. The van der Waals surface area contributed by atoms with E-state index in [1.54, 1.807) is 0 Å². The molecule has 0 saturated carbocycles. The van der Waals surface area contributed by atoms with Crippen LogP contribution in [0.25, 0.3) is 5.65 Å². The minimum absolute atomic E-state index is 0.229. The molecular formula is C12H13N5. The number of imidazole rings is 1. The van der Waals surface area contributed by atoms with Crippen LogP contribution in [-0.4, -0.2) is 20.9 Å². The Bertz CT molecular complexity index is 590. The van der Waals surface area contributed by atoms with Crippen molar-refractivity contribution in [1.82, 2.24) is 9.38 Å². The highest BCUT2D eigenvalue weighted by Crippen LogP contribution is 2.15. The van der Waals surface area contributed by atoms with Crippen molar-refractivity contribution in [3.05, 3.63) is 36.3 Å². The van der Waals surface area contributed by atoms with Gasteiger partial charge in [0.05, 0.1) is 5.71 Å². The van der Waals surface area contributed by atoms with E-state index in [4.69, 9.17) is 5.73 Å². The van der Waals surface area contributed by atoms with Crippen molar-refractivity contribution < 1.29 is 0 Å². The highest BCUT2D eigenvalue weighted by Gasteiger charge is 2.19. The van der Waals surface area contributed by atoms with Gasteiger partial charge in [-0.3, -0.25) is 0 Å². The minimum Gasteiger partial charge on any atom is -0.385 e. The highest BCUT2D eigenvalue weighted by molar-refractivity contribution is 6.03. The summed E-state index contributed by atoms with van der Waals surface area (Å²) >= 11 is 0. The molecule has 0 aromatic carbocycles. The van der Waals surface area contributed by atoms with Gasteiger partial charge in [-0.2, -0.15) is 5.10 Å². The molecule has 2 aromatic heterocycles. The predicted octanol–water partition coefficient (Wildman–Crippen LogP) is 1.44. The molecule has 1 aliphatic rings. The highest BCUT2D eigenvalue weighted by atomic mass is 15.2. The van der Waals surface area contributed by atoms with Gasteiger partial charge in [-0.05, 0) is 12.1 Å². The molecule has 1 atom stereocenters. The van der Waals surface area contributed by atoms with Gasteiger partial charge >= 0.3 is 0 Å². The molecule has 5 heteroatoms. The Kier molecular flexibility index (Phi) is 2.18. The van der Waals surface area contributed by atoms with Gasteiger partial charge in [0.15, 0.2) is 0 Å². The number of nitrogens with two attached hydrogens (primary N) is 1. The van der Waals surface area contributed by atoms with Crippen LogP contribution in [0, 0.1) is 5.92 Å². The molecule has 3 heterocycles. The summed E-state index contributed by atoms with van der Waals surface area (Å²) in [6.07, 6.45) is 4.73. The summed E-state index contributed by atoms with van der Waals surface area (Å²) in [6.45, 7) is 2.04. The molecule has 0 fully saturated rings.